The van der Waals surface area contributed by atoms with Crippen LogP contribution < -0.4 is 0 Å². The molecule has 0 rings (SSSR count). The van der Waals surface area contributed by atoms with Gasteiger partial charge in [0.2, 0.25) is 0 Å². The molecule has 5 heavy (non-hydrogen) atoms. The van der Waals surface area contributed by atoms with Crippen molar-refractivity contribution in [2.75, 3.05) is 12.4 Å². The third-order valence-corrected chi connectivity index (χ3v) is 0.300. The van der Waals surface area contributed by atoms with Crippen molar-refractivity contribution in [1.82, 2.24) is 0 Å². The van der Waals surface area contributed by atoms with E-state index >= 15 is 0 Å². The Kier molecular flexibility index (Phi) is 16.4. The summed E-state index contributed by atoms with van der Waals surface area (Å²) in [5.74, 6) is 0.569. The van der Waals surface area contributed by atoms with Crippen LogP contribution in [0.2, 0.25) is 0 Å². The molecule has 34 valence electrons. The minimum absolute atomic E-state index is 0. The molecular formula is C2H8OSSe. The standard InChI is InChI=1S/C2H6OS.H2Se/c3-1-2-4;/h3-4H,1-2H2;1H2. The first-order valence-electron chi connectivity index (χ1n) is 1.13. The molecule has 0 saturated heterocycles. The molecule has 0 aliphatic rings. The summed E-state index contributed by atoms with van der Waals surface area (Å²) in [6.07, 6.45) is 0. The fraction of sp³-hybridized carbons (Fsp3) is 1.00. The summed E-state index contributed by atoms with van der Waals surface area (Å²) in [5.41, 5.74) is 0. The second-order valence-electron chi connectivity index (χ2n) is 0.447. The van der Waals surface area contributed by atoms with Crippen molar-refractivity contribution in [3.8, 4) is 0 Å². The van der Waals surface area contributed by atoms with E-state index in [4.69, 9.17) is 5.11 Å². The molecule has 3 heteroatoms. The first-order chi connectivity index (χ1) is 1.91. The van der Waals surface area contributed by atoms with Crippen molar-refractivity contribution in [1.29, 1.82) is 0 Å². The summed E-state index contributed by atoms with van der Waals surface area (Å²) in [6.45, 7) is 0.184. The van der Waals surface area contributed by atoms with Gasteiger partial charge < -0.3 is 5.11 Å². The molecule has 0 aliphatic carbocycles. The molecule has 1 nitrogen and oxygen atoms in total. The molecule has 0 aromatic rings. The van der Waals surface area contributed by atoms with Crippen molar-refractivity contribution < 1.29 is 5.11 Å². The topological polar surface area (TPSA) is 20.2 Å². The fourth-order valence-corrected chi connectivity index (χ4v) is 0. The molecule has 0 aromatic heterocycles. The van der Waals surface area contributed by atoms with Gasteiger partial charge in [-0.25, -0.2) is 0 Å². The van der Waals surface area contributed by atoms with Gasteiger partial charge in [-0.2, -0.15) is 12.6 Å². The quantitative estimate of drug-likeness (QED) is 0.371. The molecule has 0 atom stereocenters. The summed E-state index contributed by atoms with van der Waals surface area (Å²) in [7, 11) is 0. The number of hydrogen-bond acceptors (Lipinski definition) is 2. The summed E-state index contributed by atoms with van der Waals surface area (Å²) < 4.78 is 0. The van der Waals surface area contributed by atoms with Crippen molar-refractivity contribution in [2.24, 2.45) is 0 Å². The molecule has 1 N–H and O–H groups in total. The summed E-state index contributed by atoms with van der Waals surface area (Å²) in [4.78, 5) is 0. The molecule has 0 saturated carbocycles. The van der Waals surface area contributed by atoms with Crippen LogP contribution in [-0.4, -0.2) is 34.5 Å². The van der Waals surface area contributed by atoms with E-state index < -0.39 is 0 Å². The van der Waals surface area contributed by atoms with Crippen LogP contribution in [0.3, 0.4) is 0 Å². The maximum absolute atomic E-state index is 7.80. The van der Waals surface area contributed by atoms with Crippen LogP contribution in [0.1, 0.15) is 0 Å². The predicted molar refractivity (Wildman–Crippen MR) is 29.5 cm³/mol. The SMILES string of the molecule is OCCS.[SeH2]. The van der Waals surface area contributed by atoms with Crippen molar-refractivity contribution in [2.45, 2.75) is 0 Å². The molecule has 0 aromatic carbocycles. The Morgan fingerprint density at radius 2 is 1.80 bits per heavy atom. The van der Waals surface area contributed by atoms with E-state index in [1.165, 1.54) is 0 Å². The average molecular weight is 159 g/mol. The van der Waals surface area contributed by atoms with E-state index in [2.05, 4.69) is 12.6 Å². The van der Waals surface area contributed by atoms with Gasteiger partial charge in [0, 0.05) is 5.75 Å². The van der Waals surface area contributed by atoms with Crippen molar-refractivity contribution >= 4 is 29.7 Å². The molecule has 0 amide bonds. The Morgan fingerprint density at radius 1 is 1.60 bits per heavy atom. The molecule has 0 fully saturated rings. The zero-order valence-electron chi connectivity index (χ0n) is 2.81. The summed E-state index contributed by atoms with van der Waals surface area (Å²) in [6, 6.07) is 0. The molecule has 0 heterocycles. The van der Waals surface area contributed by atoms with Gasteiger partial charge in [-0.05, 0) is 0 Å². The zero-order chi connectivity index (χ0) is 3.41. The van der Waals surface area contributed by atoms with E-state index in [-0.39, 0.29) is 23.7 Å². The van der Waals surface area contributed by atoms with Gasteiger partial charge in [0.1, 0.15) is 0 Å². The van der Waals surface area contributed by atoms with Gasteiger partial charge in [0.25, 0.3) is 0 Å². The maximum atomic E-state index is 7.80. The first-order valence-corrected chi connectivity index (χ1v) is 1.76. The number of aliphatic hydroxyl groups excluding tert-OH is 1. The summed E-state index contributed by atoms with van der Waals surface area (Å²) >= 11 is 3.67. The van der Waals surface area contributed by atoms with E-state index in [0.29, 0.717) is 5.75 Å². The molecule has 0 unspecified atom stereocenters. The Labute approximate surface area is 47.6 Å². The number of aliphatic hydroxyl groups is 1. The number of hydrogen-bond donors (Lipinski definition) is 2. The van der Waals surface area contributed by atoms with E-state index in [1.54, 1.807) is 0 Å². The third-order valence-electron chi connectivity index (χ3n) is 0.1000. The number of thiol groups is 1. The Bertz CT molecular complexity index is 11.6. The molecule has 0 bridgehead atoms. The monoisotopic (exact) mass is 160 g/mol. The van der Waals surface area contributed by atoms with Gasteiger partial charge in [-0.15, -0.1) is 0 Å². The van der Waals surface area contributed by atoms with E-state index in [0.717, 1.165) is 0 Å². The van der Waals surface area contributed by atoms with Gasteiger partial charge in [0.15, 0.2) is 0 Å². The third kappa shape index (κ3) is 11.6. The fourth-order valence-electron chi connectivity index (χ4n) is 0. The normalized spacial score (nSPS) is 6.00. The van der Waals surface area contributed by atoms with E-state index in [1.807, 2.05) is 0 Å². The van der Waals surface area contributed by atoms with Crippen LogP contribution >= 0.6 is 12.6 Å². The second kappa shape index (κ2) is 8.85. The van der Waals surface area contributed by atoms with Crippen LogP contribution in [0, 0.1) is 0 Å². The van der Waals surface area contributed by atoms with Crippen LogP contribution in [0.25, 0.3) is 0 Å². The van der Waals surface area contributed by atoms with Crippen molar-refractivity contribution in [3.05, 3.63) is 0 Å². The second-order valence-corrected chi connectivity index (χ2v) is 0.894. The predicted octanol–water partition coefficient (Wildman–Crippen LogP) is -1.01. The summed E-state index contributed by atoms with van der Waals surface area (Å²) in [5, 5.41) is 7.80. The molecular weight excluding hydrogens is 151 g/mol. The van der Waals surface area contributed by atoms with Crippen LogP contribution in [0.4, 0.5) is 0 Å². The first kappa shape index (κ1) is 9.27. The molecule has 0 spiro atoms. The Hall–Kier alpha value is 0.829. The van der Waals surface area contributed by atoms with Gasteiger partial charge in [-0.1, -0.05) is 0 Å². The van der Waals surface area contributed by atoms with Crippen LogP contribution in [0.5, 0.6) is 0 Å². The molecule has 0 aliphatic heterocycles. The molecule has 0 radical (unpaired) electrons. The zero-order valence-corrected chi connectivity index (χ0v) is 5.80. The van der Waals surface area contributed by atoms with E-state index in [9.17, 15) is 0 Å². The number of rotatable bonds is 1. The minimum atomic E-state index is 0. The Balaban J connectivity index is 0. The van der Waals surface area contributed by atoms with Crippen LogP contribution in [-0.2, 0) is 0 Å². The van der Waals surface area contributed by atoms with Gasteiger partial charge >= 0.3 is 17.1 Å². The Morgan fingerprint density at radius 3 is 1.80 bits per heavy atom. The van der Waals surface area contributed by atoms with Gasteiger partial charge in [-0.3, -0.25) is 0 Å². The average Bonchev–Trinajstić information content (AvgIpc) is 1.37. The van der Waals surface area contributed by atoms with Gasteiger partial charge in [0.05, 0.1) is 6.61 Å². The van der Waals surface area contributed by atoms with Crippen LogP contribution in [0.15, 0.2) is 0 Å². The van der Waals surface area contributed by atoms with Crippen molar-refractivity contribution in [3.63, 3.8) is 0 Å².